The zero-order valence-corrected chi connectivity index (χ0v) is 77.8. The lowest BCUT2D eigenvalue weighted by Crippen LogP contribution is -2.47. The summed E-state index contributed by atoms with van der Waals surface area (Å²) in [5.41, 5.74) is 18.7. The number of nitrogens with zero attached hydrogens (tertiary/aromatic N) is 11. The van der Waals surface area contributed by atoms with Gasteiger partial charge in [0.05, 0.1) is 155 Å². The average Bonchev–Trinajstić information content (AvgIpc) is 1.62. The molecule has 706 valence electrons. The van der Waals surface area contributed by atoms with Crippen molar-refractivity contribution in [2.45, 2.75) is 172 Å². The molecule has 0 atom stereocenters. The molecule has 3 fully saturated rings. The van der Waals surface area contributed by atoms with Gasteiger partial charge in [-0.3, -0.25) is 29.0 Å². The van der Waals surface area contributed by atoms with Crippen LogP contribution in [0.5, 0.6) is 5.75 Å². The fourth-order valence-electron chi connectivity index (χ4n) is 16.1. The maximum absolute atomic E-state index is 13.4. The fraction of sp³-hybridized carbons (Fsp3) is 0.323. The molecular formula is C96H116N16O17S4. The van der Waals surface area contributed by atoms with Crippen LogP contribution in [0, 0.1) is 0 Å². The number of benzene rings is 6. The Morgan fingerprint density at radius 1 is 0.511 bits per heavy atom. The minimum absolute atomic E-state index is 0. The zero-order valence-electron chi connectivity index (χ0n) is 74.5. The van der Waals surface area contributed by atoms with Gasteiger partial charge in [0.1, 0.15) is 28.9 Å². The summed E-state index contributed by atoms with van der Waals surface area (Å²) in [6.45, 7) is 16.9. The van der Waals surface area contributed by atoms with Crippen LogP contribution in [-0.2, 0) is 84.5 Å². The molecular weight excluding hydrogens is 1780 g/mol. The Kier molecular flexibility index (Phi) is 28.2. The first-order chi connectivity index (χ1) is 63.6. The summed E-state index contributed by atoms with van der Waals surface area (Å²) in [4.78, 5) is 116. The molecule has 2 saturated heterocycles. The van der Waals surface area contributed by atoms with Crippen molar-refractivity contribution in [2.75, 3.05) is 46.0 Å². The van der Waals surface area contributed by atoms with Crippen molar-refractivity contribution in [3.63, 3.8) is 0 Å². The predicted molar refractivity (Wildman–Crippen MR) is 514 cm³/mol. The highest BCUT2D eigenvalue weighted by atomic mass is 32.2. The van der Waals surface area contributed by atoms with Crippen molar-refractivity contribution in [1.29, 1.82) is 0 Å². The van der Waals surface area contributed by atoms with Crippen LogP contribution in [0.15, 0.2) is 215 Å². The molecule has 5 aliphatic rings. The monoisotopic (exact) mass is 1890 g/mol. The number of carbonyl (C=O) groups is 5. The molecule has 6 aromatic carbocycles. The summed E-state index contributed by atoms with van der Waals surface area (Å²) in [6, 6.07) is 41.2. The highest BCUT2D eigenvalue weighted by Gasteiger charge is 2.42. The molecule has 10 heterocycles. The van der Waals surface area contributed by atoms with E-state index in [0.717, 1.165) is 59.4 Å². The molecule has 133 heavy (non-hydrogen) atoms. The number of hydrogen-bond acceptors (Lipinski definition) is 25. The standard InChI is InChI=1S/C25H24N4O4S.C24H24N4O4S.C24H27N3O5S.C23H27N5O4S.7H2/c1-16(2)34(31,32)19-9-7-17(8-10-19)21-14-27-24-23(28-21)20(13-26-24)25(30)29-11-12-33-22-6-4-3-5-18(22)15-29;1-15(2)33(31,32)19-9-7-16(8-10-19)21-13-26-23-22(28-21)20(12-25-23)24(30)27-11-17-5-3-4-6-18(17)14-29;1-16(2)33(29,30)18-5-3-17(4-6-18)21-15-25-20-8-7-19(22(20)26-21)23(28)27-11-9-24(10-12-27)31-13-14-32-24;1-14(2)33(31,32)17-9-7-15(8-10-17)19-12-26-22-21(27-19)18(11-25-22)23(30)28(13-20(24)29)16-5-3-4-6-16;;;;;;;/h3-10,13-14,16H,11-12,15H2,1-2H3,(H,26,27);3-10,12-13,15,29H,11,14H2,1-2H3,(H,25,26)(H,27,30);3-7,15-16H,8-14H2,1-2H3;7-12,14,16H,3-6,13H2,1-2H3,(H2,24,29)(H,25,26);7*1H. The molecule has 3 aliphatic heterocycles. The van der Waals surface area contributed by atoms with E-state index < -0.39 is 72.0 Å². The fourth-order valence-corrected chi connectivity index (χ4v) is 20.3. The van der Waals surface area contributed by atoms with E-state index in [-0.39, 0.29) is 78.9 Å². The van der Waals surface area contributed by atoms with Crippen LogP contribution in [-0.4, -0.2) is 217 Å². The largest absolute Gasteiger partial charge is 0.491 e. The predicted octanol–water partition coefficient (Wildman–Crippen LogP) is 14.1. The van der Waals surface area contributed by atoms with Gasteiger partial charge in [0.2, 0.25) is 5.91 Å². The van der Waals surface area contributed by atoms with Crippen molar-refractivity contribution in [3.05, 3.63) is 240 Å². The third-order valence-electron chi connectivity index (χ3n) is 24.0. The molecule has 7 N–H and O–H groups in total. The number of rotatable bonds is 22. The number of aliphatic hydroxyl groups excluding tert-OH is 1. The van der Waals surface area contributed by atoms with E-state index in [1.54, 1.807) is 201 Å². The Labute approximate surface area is 780 Å². The molecule has 2 aliphatic carbocycles. The number of H-pyrrole nitrogens is 3. The second-order valence-corrected chi connectivity index (χ2v) is 43.9. The number of fused-ring (bicyclic) bond motifs is 5. The number of aliphatic hydroxyl groups is 1. The van der Waals surface area contributed by atoms with Crippen LogP contribution in [0.1, 0.15) is 163 Å². The van der Waals surface area contributed by atoms with E-state index in [1.807, 2.05) is 59.5 Å². The van der Waals surface area contributed by atoms with Crippen molar-refractivity contribution in [2.24, 2.45) is 5.73 Å². The highest BCUT2D eigenvalue weighted by Crippen LogP contribution is 2.37. The third-order valence-corrected chi connectivity index (χ3v) is 32.7. The van der Waals surface area contributed by atoms with Crippen molar-refractivity contribution in [3.8, 4) is 50.8 Å². The van der Waals surface area contributed by atoms with Gasteiger partial charge in [0, 0.05) is 108 Å². The molecule has 0 bridgehead atoms. The van der Waals surface area contributed by atoms with Crippen LogP contribution in [0.2, 0.25) is 0 Å². The molecule has 1 spiro atoms. The number of para-hydroxylation sites is 1. The Morgan fingerprint density at radius 3 is 1.40 bits per heavy atom. The smallest absolute Gasteiger partial charge is 0.258 e. The number of allylic oxidation sites excluding steroid dienone is 1. The van der Waals surface area contributed by atoms with Crippen LogP contribution < -0.4 is 15.8 Å². The summed E-state index contributed by atoms with van der Waals surface area (Å²) in [5.74, 6) is -1.13. The van der Waals surface area contributed by atoms with Gasteiger partial charge in [0.25, 0.3) is 23.6 Å². The molecule has 0 radical (unpaired) electrons. The third kappa shape index (κ3) is 20.4. The lowest BCUT2D eigenvalue weighted by molar-refractivity contribution is -0.186. The van der Waals surface area contributed by atoms with E-state index >= 15 is 0 Å². The Hall–Kier alpha value is -13.2. The summed E-state index contributed by atoms with van der Waals surface area (Å²) in [6.07, 6.45) is 18.6. The molecule has 0 unspecified atom stereocenters. The number of primary amides is 1. The van der Waals surface area contributed by atoms with Crippen LogP contribution >= 0.6 is 0 Å². The maximum Gasteiger partial charge on any atom is 0.258 e. The number of amides is 5. The number of ether oxygens (including phenoxy) is 3. The lowest BCUT2D eigenvalue weighted by Gasteiger charge is -2.37. The molecule has 33 nitrogen and oxygen atoms in total. The van der Waals surface area contributed by atoms with E-state index in [4.69, 9.17) is 29.9 Å². The van der Waals surface area contributed by atoms with E-state index in [1.165, 1.54) is 4.90 Å². The molecule has 13 aromatic rings. The zero-order chi connectivity index (χ0) is 94.4. The number of nitrogens with one attached hydrogen (secondary N) is 4. The SMILES string of the molecule is CC(C)S(=O)(=O)c1ccc(-c2cnc3[nH]cc(C(=O)N(CC(N)=O)C4CCCC4)c3n2)cc1.CC(C)S(=O)(=O)c1ccc(-c2cnc3[nH]cc(C(=O)N4CCOc5ccccc5C4)c3n2)cc1.CC(C)S(=O)(=O)c1ccc(-c2cnc3[nH]cc(C(=O)NCc4ccccc4CO)c3n2)cc1.CC(C)S(=O)(=O)c1ccc(-c2cnc3c(n2)C(C(=O)N2CCC4(CC2)OCCO4)=CC3)cc1.[HH].[HH].[HH].[HH].[HH].[HH].[HH]. The highest BCUT2D eigenvalue weighted by molar-refractivity contribution is 7.93. The van der Waals surface area contributed by atoms with Gasteiger partial charge in [-0.1, -0.05) is 110 Å². The Morgan fingerprint density at radius 2 is 0.932 bits per heavy atom. The summed E-state index contributed by atoms with van der Waals surface area (Å²) < 4.78 is 116. The van der Waals surface area contributed by atoms with Crippen molar-refractivity contribution < 1.29 is 86.9 Å². The van der Waals surface area contributed by atoms with Crippen LogP contribution in [0.25, 0.3) is 84.1 Å². The number of aromatic nitrogens is 11. The number of nitrogens with two attached hydrogens (primary N) is 1. The number of likely N-dealkylation sites (tertiary alicyclic amines) is 1. The van der Waals surface area contributed by atoms with E-state index in [0.29, 0.717) is 166 Å². The van der Waals surface area contributed by atoms with Gasteiger partial charge < -0.3 is 60.0 Å². The Bertz CT molecular complexity index is 7110. The first kappa shape index (κ1) is 94.5. The van der Waals surface area contributed by atoms with Gasteiger partial charge in [-0.05, 0) is 134 Å². The normalized spacial score (nSPS) is 15.1. The van der Waals surface area contributed by atoms with Gasteiger partial charge in [-0.2, -0.15) is 0 Å². The second kappa shape index (κ2) is 39.7. The Balaban J connectivity index is 0.000000225. The summed E-state index contributed by atoms with van der Waals surface area (Å²) >= 11 is 0. The number of aromatic amines is 3. The van der Waals surface area contributed by atoms with Gasteiger partial charge in [0.15, 0.2) is 62.1 Å². The molecule has 5 amide bonds. The molecule has 1 saturated carbocycles. The average molecular weight is 1890 g/mol. The lowest BCUT2D eigenvalue weighted by atomic mass is 10.0. The minimum atomic E-state index is -3.38. The number of carbonyl (C=O) groups excluding carboxylic acids is 5. The number of sulfone groups is 4. The van der Waals surface area contributed by atoms with Crippen molar-refractivity contribution in [1.82, 2.24) is 74.8 Å². The summed E-state index contributed by atoms with van der Waals surface area (Å²) in [5, 5.41) is 10.3. The van der Waals surface area contributed by atoms with E-state index in [9.17, 15) is 62.8 Å². The van der Waals surface area contributed by atoms with Gasteiger partial charge >= 0.3 is 0 Å². The van der Waals surface area contributed by atoms with Gasteiger partial charge in [-0.25, -0.2) is 68.6 Å². The topological polar surface area (TPSA) is 468 Å². The molecule has 7 aromatic heterocycles. The van der Waals surface area contributed by atoms with Crippen LogP contribution in [0.4, 0.5) is 0 Å². The minimum Gasteiger partial charge on any atom is -0.491 e. The van der Waals surface area contributed by atoms with Crippen LogP contribution in [0.3, 0.4) is 0 Å². The first-order valence-electron chi connectivity index (χ1n) is 43.7. The van der Waals surface area contributed by atoms with Crippen molar-refractivity contribution >= 4 is 108 Å². The quantitative estimate of drug-likeness (QED) is 0.0367. The first-order valence-corrected chi connectivity index (χ1v) is 49.9. The molecule has 18 rings (SSSR count). The number of hydrogen-bond donors (Lipinski definition) is 6. The number of piperidine rings is 1. The summed E-state index contributed by atoms with van der Waals surface area (Å²) in [7, 11) is -13.4. The maximum atomic E-state index is 13.4. The molecule has 37 heteroatoms. The second-order valence-electron chi connectivity index (χ2n) is 33.8. The van der Waals surface area contributed by atoms with Gasteiger partial charge in [-0.15, -0.1) is 0 Å². The van der Waals surface area contributed by atoms with E-state index in [2.05, 4.69) is 50.2 Å².